The van der Waals surface area contributed by atoms with Crippen molar-refractivity contribution in [1.82, 2.24) is 14.5 Å². The Morgan fingerprint density at radius 3 is 2.94 bits per heavy atom. The number of aryl methyl sites for hydroxylation is 1. The minimum atomic E-state index is -3.43. The van der Waals surface area contributed by atoms with Crippen LogP contribution in [-0.4, -0.2) is 36.0 Å². The van der Waals surface area contributed by atoms with Crippen molar-refractivity contribution in [2.24, 2.45) is 5.92 Å². The molecule has 1 saturated carbocycles. The van der Waals surface area contributed by atoms with Gasteiger partial charge in [-0.2, -0.15) is 5.10 Å². The highest BCUT2D eigenvalue weighted by Crippen LogP contribution is 2.30. The molecule has 17 heavy (non-hydrogen) atoms. The summed E-state index contributed by atoms with van der Waals surface area (Å²) in [7, 11) is -3.43. The van der Waals surface area contributed by atoms with Crippen molar-refractivity contribution >= 4 is 10.0 Å². The van der Waals surface area contributed by atoms with Crippen LogP contribution in [0.4, 0.5) is 0 Å². The molecule has 2 atom stereocenters. The molecule has 7 heteroatoms. The van der Waals surface area contributed by atoms with Gasteiger partial charge in [0.1, 0.15) is 4.90 Å². The summed E-state index contributed by atoms with van der Waals surface area (Å²) in [6.07, 6.45) is 4.30. The first kappa shape index (κ1) is 12.5. The van der Waals surface area contributed by atoms with Crippen LogP contribution in [-0.2, 0) is 16.6 Å². The fraction of sp³-hybridized carbons (Fsp3) is 0.700. The quantitative estimate of drug-likeness (QED) is 0.750. The minimum absolute atomic E-state index is 0.0692. The van der Waals surface area contributed by atoms with Gasteiger partial charge in [-0.3, -0.25) is 4.68 Å². The lowest BCUT2D eigenvalue weighted by Gasteiger charge is -2.02. The predicted octanol–water partition coefficient (Wildman–Crippen LogP) is -0.0478. The van der Waals surface area contributed by atoms with Crippen molar-refractivity contribution in [1.29, 1.82) is 0 Å². The Labute approximate surface area is 101 Å². The van der Waals surface area contributed by atoms with Crippen molar-refractivity contribution in [3.8, 4) is 0 Å². The van der Waals surface area contributed by atoms with Crippen LogP contribution >= 0.6 is 0 Å². The van der Waals surface area contributed by atoms with Crippen molar-refractivity contribution in [3.63, 3.8) is 0 Å². The zero-order valence-electron chi connectivity index (χ0n) is 9.70. The number of sulfonamides is 1. The molecule has 1 aliphatic rings. The Morgan fingerprint density at radius 1 is 1.65 bits per heavy atom. The average Bonchev–Trinajstić information content (AvgIpc) is 2.81. The van der Waals surface area contributed by atoms with Crippen molar-refractivity contribution in [2.75, 3.05) is 6.61 Å². The lowest BCUT2D eigenvalue weighted by Crippen LogP contribution is -2.26. The second kappa shape index (κ2) is 4.75. The molecule has 1 fully saturated rings. The van der Waals surface area contributed by atoms with Crippen molar-refractivity contribution in [2.45, 2.75) is 37.2 Å². The summed E-state index contributed by atoms with van der Waals surface area (Å²) < 4.78 is 28.0. The van der Waals surface area contributed by atoms with Gasteiger partial charge in [0.25, 0.3) is 0 Å². The first-order valence-corrected chi connectivity index (χ1v) is 7.17. The molecule has 2 N–H and O–H groups in total. The summed E-state index contributed by atoms with van der Waals surface area (Å²) in [4.78, 5) is 0.189. The highest BCUT2D eigenvalue weighted by molar-refractivity contribution is 7.89. The Hall–Kier alpha value is -0.920. The molecule has 0 amide bonds. The maximum Gasteiger partial charge on any atom is 0.243 e. The van der Waals surface area contributed by atoms with Crippen LogP contribution < -0.4 is 4.72 Å². The van der Waals surface area contributed by atoms with E-state index >= 15 is 0 Å². The van der Waals surface area contributed by atoms with Crippen LogP contribution in [0.25, 0.3) is 0 Å². The Bertz CT molecular complexity index is 483. The second-order valence-electron chi connectivity index (χ2n) is 4.46. The maximum absolute atomic E-state index is 11.9. The average molecular weight is 259 g/mol. The van der Waals surface area contributed by atoms with Gasteiger partial charge >= 0.3 is 0 Å². The molecule has 1 heterocycles. The van der Waals surface area contributed by atoms with Gasteiger partial charge in [0.15, 0.2) is 0 Å². The number of aliphatic hydroxyl groups excluding tert-OH is 1. The molecule has 0 aromatic carbocycles. The molecule has 1 aromatic rings. The fourth-order valence-electron chi connectivity index (χ4n) is 1.59. The largest absolute Gasteiger partial charge is 0.396 e. The molecule has 2 rings (SSSR count). The summed E-state index contributed by atoms with van der Waals surface area (Å²) in [5, 5.41) is 12.6. The van der Waals surface area contributed by atoms with Gasteiger partial charge in [0.2, 0.25) is 10.0 Å². The summed E-state index contributed by atoms with van der Waals surface area (Å²) in [5.74, 6) is 0.425. The van der Waals surface area contributed by atoms with E-state index in [-0.39, 0.29) is 17.5 Å². The first-order valence-electron chi connectivity index (χ1n) is 5.68. The highest BCUT2D eigenvalue weighted by atomic mass is 32.2. The SMILES string of the molecule is CC1CC1NS(=O)(=O)c1cnn(CCCO)c1. The van der Waals surface area contributed by atoms with Crippen LogP contribution in [0.3, 0.4) is 0 Å². The molecular formula is C10H17N3O3S. The molecule has 2 unspecified atom stereocenters. The topological polar surface area (TPSA) is 84.2 Å². The smallest absolute Gasteiger partial charge is 0.243 e. The Kier molecular flexibility index (Phi) is 3.50. The lowest BCUT2D eigenvalue weighted by molar-refractivity contribution is 0.277. The lowest BCUT2D eigenvalue weighted by atomic mass is 10.5. The monoisotopic (exact) mass is 259 g/mol. The van der Waals surface area contributed by atoms with E-state index in [2.05, 4.69) is 9.82 Å². The van der Waals surface area contributed by atoms with Crippen LogP contribution in [0.5, 0.6) is 0 Å². The van der Waals surface area contributed by atoms with E-state index in [1.807, 2.05) is 6.92 Å². The summed E-state index contributed by atoms with van der Waals surface area (Å²) in [6, 6.07) is 0.0702. The van der Waals surface area contributed by atoms with Gasteiger partial charge in [-0.25, -0.2) is 13.1 Å². The first-order chi connectivity index (χ1) is 8.03. The highest BCUT2D eigenvalue weighted by Gasteiger charge is 2.36. The third-order valence-corrected chi connectivity index (χ3v) is 4.33. The normalized spacial score (nSPS) is 23.9. The zero-order valence-corrected chi connectivity index (χ0v) is 10.5. The number of hydrogen-bond donors (Lipinski definition) is 2. The van der Waals surface area contributed by atoms with Crippen LogP contribution in [0.15, 0.2) is 17.3 Å². The van der Waals surface area contributed by atoms with Gasteiger partial charge in [0.05, 0.1) is 6.20 Å². The van der Waals surface area contributed by atoms with E-state index in [9.17, 15) is 8.42 Å². The minimum Gasteiger partial charge on any atom is -0.396 e. The van der Waals surface area contributed by atoms with Crippen LogP contribution in [0, 0.1) is 5.92 Å². The Balaban J connectivity index is 2.02. The van der Waals surface area contributed by atoms with E-state index in [0.29, 0.717) is 18.9 Å². The number of aromatic nitrogens is 2. The summed E-state index contributed by atoms with van der Waals surface area (Å²) in [5.41, 5.74) is 0. The molecule has 0 spiro atoms. The van der Waals surface area contributed by atoms with Gasteiger partial charge in [0, 0.05) is 25.4 Å². The third kappa shape index (κ3) is 3.05. The molecule has 0 saturated heterocycles. The van der Waals surface area contributed by atoms with Gasteiger partial charge < -0.3 is 5.11 Å². The Morgan fingerprint density at radius 2 is 2.35 bits per heavy atom. The standard InChI is InChI=1S/C10H17N3O3S/c1-8-5-10(8)12-17(15,16)9-6-11-13(7-9)3-2-4-14/h6-8,10,12,14H,2-5H2,1H3. The molecule has 1 aliphatic carbocycles. The van der Waals surface area contributed by atoms with Gasteiger partial charge in [-0.1, -0.05) is 6.92 Å². The van der Waals surface area contributed by atoms with Gasteiger partial charge in [-0.15, -0.1) is 0 Å². The van der Waals surface area contributed by atoms with Crippen molar-refractivity contribution < 1.29 is 13.5 Å². The number of hydrogen-bond acceptors (Lipinski definition) is 4. The second-order valence-corrected chi connectivity index (χ2v) is 6.17. The number of nitrogens with zero attached hydrogens (tertiary/aromatic N) is 2. The molecule has 96 valence electrons. The predicted molar refractivity (Wildman–Crippen MR) is 61.8 cm³/mol. The number of rotatable bonds is 6. The summed E-state index contributed by atoms with van der Waals surface area (Å²) >= 11 is 0. The van der Waals surface area contributed by atoms with Crippen LogP contribution in [0.2, 0.25) is 0 Å². The molecule has 0 aliphatic heterocycles. The summed E-state index contributed by atoms with van der Waals surface area (Å²) in [6.45, 7) is 2.60. The maximum atomic E-state index is 11.9. The molecule has 6 nitrogen and oxygen atoms in total. The number of aliphatic hydroxyl groups is 1. The van der Waals surface area contributed by atoms with Gasteiger partial charge in [-0.05, 0) is 18.8 Å². The third-order valence-electron chi connectivity index (χ3n) is 2.88. The molecular weight excluding hydrogens is 242 g/mol. The molecule has 1 aromatic heterocycles. The molecule has 0 bridgehead atoms. The van der Waals surface area contributed by atoms with E-state index in [0.717, 1.165) is 6.42 Å². The van der Waals surface area contributed by atoms with Crippen LogP contribution in [0.1, 0.15) is 19.8 Å². The van der Waals surface area contributed by atoms with E-state index in [1.165, 1.54) is 17.1 Å². The van der Waals surface area contributed by atoms with E-state index in [4.69, 9.17) is 5.11 Å². The zero-order chi connectivity index (χ0) is 12.5. The molecule has 0 radical (unpaired) electrons. The van der Waals surface area contributed by atoms with E-state index in [1.54, 1.807) is 0 Å². The fourth-order valence-corrected chi connectivity index (χ4v) is 2.90. The number of nitrogens with one attached hydrogen (secondary N) is 1. The van der Waals surface area contributed by atoms with E-state index < -0.39 is 10.0 Å². The van der Waals surface area contributed by atoms with Crippen molar-refractivity contribution in [3.05, 3.63) is 12.4 Å².